The smallest absolute Gasteiger partial charge is 0.00693 e. The highest BCUT2D eigenvalue weighted by molar-refractivity contribution is 7.98. The maximum absolute atomic E-state index is 4.36. The molecule has 1 aromatic carbocycles. The van der Waals surface area contributed by atoms with Gasteiger partial charge in [-0.3, -0.25) is 0 Å². The molecule has 0 spiro atoms. The van der Waals surface area contributed by atoms with Gasteiger partial charge in [0, 0.05) is 4.90 Å². The summed E-state index contributed by atoms with van der Waals surface area (Å²) in [6.45, 7) is 19.9. The van der Waals surface area contributed by atoms with Crippen molar-refractivity contribution in [3.63, 3.8) is 0 Å². The lowest BCUT2D eigenvalue weighted by molar-refractivity contribution is 0.323. The third kappa shape index (κ3) is 19.5. The van der Waals surface area contributed by atoms with Crippen LogP contribution in [0.25, 0.3) is 0 Å². The highest BCUT2D eigenvalue weighted by atomic mass is 32.2. The zero-order valence-corrected chi connectivity index (χ0v) is 30.0. The summed E-state index contributed by atoms with van der Waals surface area (Å²) >= 11 is 1.79. The Labute approximate surface area is 268 Å². The van der Waals surface area contributed by atoms with Gasteiger partial charge in [0.05, 0.1) is 0 Å². The summed E-state index contributed by atoms with van der Waals surface area (Å²) in [4.78, 5) is 1.32. The predicted molar refractivity (Wildman–Crippen MR) is 197 cm³/mol. The molecule has 0 aliphatic heterocycles. The van der Waals surface area contributed by atoms with Crippen molar-refractivity contribution in [2.75, 3.05) is 6.26 Å². The van der Waals surface area contributed by atoms with Gasteiger partial charge in [-0.05, 0) is 91.9 Å². The summed E-state index contributed by atoms with van der Waals surface area (Å²) in [5.41, 5.74) is 5.48. The minimum atomic E-state index is 0.876. The zero-order chi connectivity index (χ0) is 31.4. The minimum absolute atomic E-state index is 0.876. The summed E-state index contributed by atoms with van der Waals surface area (Å²) in [5.74, 6) is 1.77. The Hall–Kier alpha value is -1.73. The van der Waals surface area contributed by atoms with Gasteiger partial charge in [-0.25, -0.2) is 0 Å². The van der Waals surface area contributed by atoms with E-state index in [1.54, 1.807) is 17.3 Å². The van der Waals surface area contributed by atoms with E-state index in [9.17, 15) is 0 Å². The lowest BCUT2D eigenvalue weighted by Gasteiger charge is -2.23. The normalized spacial score (nSPS) is 14.4. The molecule has 238 valence electrons. The summed E-state index contributed by atoms with van der Waals surface area (Å²) in [6.07, 6.45) is 35.3. The largest absolute Gasteiger partial charge is 0.130 e. The summed E-state index contributed by atoms with van der Waals surface area (Å²) < 4.78 is 0. The number of allylic oxidation sites excluding steroid dienone is 9. The molecule has 0 aromatic heterocycles. The summed E-state index contributed by atoms with van der Waals surface area (Å²) in [7, 11) is 0. The first-order valence-electron chi connectivity index (χ1n) is 17.5. The Bertz CT molecular complexity index is 895. The molecule has 2 rings (SSSR count). The Morgan fingerprint density at radius 2 is 1.62 bits per heavy atom. The number of hydrogen-bond acceptors (Lipinski definition) is 1. The zero-order valence-electron chi connectivity index (χ0n) is 29.2. The molecule has 0 N–H and O–H groups in total. The van der Waals surface area contributed by atoms with Gasteiger partial charge < -0.3 is 0 Å². The molecule has 0 saturated carbocycles. The van der Waals surface area contributed by atoms with E-state index in [4.69, 9.17) is 0 Å². The van der Waals surface area contributed by atoms with Crippen LogP contribution in [0.15, 0.2) is 88.9 Å². The van der Waals surface area contributed by atoms with E-state index in [0.29, 0.717) is 0 Å². The molecular weight excluding hydrogens is 525 g/mol. The highest BCUT2D eigenvalue weighted by Crippen LogP contribution is 2.29. The van der Waals surface area contributed by atoms with Crippen molar-refractivity contribution in [1.82, 2.24) is 0 Å². The molecule has 0 nitrogen and oxygen atoms in total. The summed E-state index contributed by atoms with van der Waals surface area (Å²) in [6, 6.07) is 8.86. The molecule has 1 heteroatoms. The van der Waals surface area contributed by atoms with Crippen LogP contribution in [-0.4, -0.2) is 6.26 Å². The average molecular weight is 593 g/mol. The van der Waals surface area contributed by atoms with Crippen LogP contribution in [0, 0.1) is 11.8 Å². The molecule has 0 heterocycles. The van der Waals surface area contributed by atoms with Gasteiger partial charge in [-0.1, -0.05) is 161 Å². The topological polar surface area (TPSA) is 0 Å². The van der Waals surface area contributed by atoms with Crippen molar-refractivity contribution in [2.45, 2.75) is 150 Å². The number of hydrogen-bond donors (Lipinski definition) is 0. The SMILES string of the molecule is C=C(Cc1ccc(SC)cc1)C(/C=C\CC)=C/CCCCCCCC.CC.CCCC(CC1=CCCC=C1)C(C)CC. The Morgan fingerprint density at radius 1 is 0.929 bits per heavy atom. The minimum Gasteiger partial charge on any atom is -0.130 e. The highest BCUT2D eigenvalue weighted by Gasteiger charge is 2.16. The van der Waals surface area contributed by atoms with Crippen LogP contribution >= 0.6 is 11.8 Å². The predicted octanol–water partition coefficient (Wildman–Crippen LogP) is 14.3. The molecule has 0 bridgehead atoms. The maximum Gasteiger partial charge on any atom is 0.00693 e. The number of rotatable bonds is 19. The maximum atomic E-state index is 4.36. The molecule has 0 saturated heterocycles. The van der Waals surface area contributed by atoms with Crippen molar-refractivity contribution in [3.8, 4) is 0 Å². The second kappa shape index (κ2) is 28.1. The van der Waals surface area contributed by atoms with Gasteiger partial charge in [-0.2, -0.15) is 0 Å². The van der Waals surface area contributed by atoms with E-state index in [1.807, 2.05) is 13.8 Å². The van der Waals surface area contributed by atoms with Crippen LogP contribution in [0.1, 0.15) is 144 Å². The molecule has 2 atom stereocenters. The fraction of sp³-hybridized carbons (Fsp3) is 0.610. The van der Waals surface area contributed by atoms with E-state index in [-0.39, 0.29) is 0 Å². The molecule has 42 heavy (non-hydrogen) atoms. The van der Waals surface area contributed by atoms with Crippen LogP contribution in [0.3, 0.4) is 0 Å². The van der Waals surface area contributed by atoms with Crippen molar-refractivity contribution in [2.24, 2.45) is 11.8 Å². The van der Waals surface area contributed by atoms with Crippen molar-refractivity contribution < 1.29 is 0 Å². The van der Waals surface area contributed by atoms with Gasteiger partial charge in [0.15, 0.2) is 0 Å². The number of unbranched alkanes of at least 4 members (excludes halogenated alkanes) is 6. The van der Waals surface area contributed by atoms with Crippen LogP contribution in [-0.2, 0) is 6.42 Å². The Kier molecular flexibility index (Phi) is 26.9. The average Bonchev–Trinajstić information content (AvgIpc) is 3.03. The van der Waals surface area contributed by atoms with Gasteiger partial charge in [-0.15, -0.1) is 11.8 Å². The number of benzene rings is 1. The molecule has 0 amide bonds. The molecule has 1 aliphatic carbocycles. The first kappa shape index (κ1) is 40.3. The van der Waals surface area contributed by atoms with Crippen molar-refractivity contribution >= 4 is 11.8 Å². The van der Waals surface area contributed by atoms with Gasteiger partial charge >= 0.3 is 0 Å². The molecular formula is C41H68S. The monoisotopic (exact) mass is 593 g/mol. The van der Waals surface area contributed by atoms with Gasteiger partial charge in [0.25, 0.3) is 0 Å². The first-order valence-corrected chi connectivity index (χ1v) is 18.7. The van der Waals surface area contributed by atoms with Crippen LogP contribution < -0.4 is 0 Å². The quantitative estimate of drug-likeness (QED) is 0.0874. The van der Waals surface area contributed by atoms with Crippen molar-refractivity contribution in [1.29, 1.82) is 0 Å². The fourth-order valence-corrected chi connectivity index (χ4v) is 5.67. The van der Waals surface area contributed by atoms with E-state index in [1.165, 1.54) is 105 Å². The summed E-state index contributed by atoms with van der Waals surface area (Å²) in [5, 5.41) is 0. The molecule has 1 aliphatic rings. The van der Waals surface area contributed by atoms with E-state index >= 15 is 0 Å². The van der Waals surface area contributed by atoms with Crippen LogP contribution in [0.4, 0.5) is 0 Å². The standard InChI is InChI=1S/C24H36S.C15H26.C2H6/c1-5-7-9-10-11-12-13-15-23(14-8-6-2)21(3)20-22-16-18-24(25-4)19-17-22;1-4-9-15(13(3)5-2)12-14-10-7-6-8-11-14;1-2/h8,14-19H,3,5-7,9-13,20H2,1-2,4H3;7,10-11,13,15H,4-6,8-9,12H2,1-3H3;1-2H3/b14-8-,23-15+;;. The molecule has 0 fully saturated rings. The Morgan fingerprint density at radius 3 is 2.19 bits per heavy atom. The lowest BCUT2D eigenvalue weighted by Crippen LogP contribution is -2.11. The second-order valence-electron chi connectivity index (χ2n) is 11.6. The third-order valence-electron chi connectivity index (χ3n) is 8.12. The van der Waals surface area contributed by atoms with Crippen molar-refractivity contribution in [3.05, 3.63) is 89.6 Å². The molecule has 0 radical (unpaired) electrons. The molecule has 1 aromatic rings. The van der Waals surface area contributed by atoms with E-state index < -0.39 is 0 Å². The van der Waals surface area contributed by atoms with Crippen LogP contribution in [0.2, 0.25) is 0 Å². The third-order valence-corrected chi connectivity index (χ3v) is 8.86. The number of thioether (sulfide) groups is 1. The van der Waals surface area contributed by atoms with E-state index in [2.05, 4.69) is 108 Å². The van der Waals surface area contributed by atoms with E-state index in [0.717, 1.165) is 24.7 Å². The second-order valence-corrected chi connectivity index (χ2v) is 12.4. The Balaban J connectivity index is 0.000000841. The lowest BCUT2D eigenvalue weighted by atomic mass is 9.82. The first-order chi connectivity index (χ1) is 20.5. The van der Waals surface area contributed by atoms with Gasteiger partial charge in [0.2, 0.25) is 0 Å². The molecule has 2 unspecified atom stereocenters. The fourth-order valence-electron chi connectivity index (χ4n) is 5.26. The van der Waals surface area contributed by atoms with Crippen LogP contribution in [0.5, 0.6) is 0 Å². The van der Waals surface area contributed by atoms with Gasteiger partial charge in [0.1, 0.15) is 0 Å².